The van der Waals surface area contributed by atoms with Crippen LogP contribution in [0.5, 0.6) is 11.5 Å². The molecule has 1 aliphatic rings. The first kappa shape index (κ1) is 26.1. The predicted molar refractivity (Wildman–Crippen MR) is 138 cm³/mol. The molecule has 0 spiro atoms. The number of ether oxygens (including phenoxy) is 2. The molecule has 1 atom stereocenters. The third kappa shape index (κ3) is 6.54. The highest BCUT2D eigenvalue weighted by molar-refractivity contribution is 5.71. The van der Waals surface area contributed by atoms with Gasteiger partial charge in [-0.3, -0.25) is 4.90 Å². The quantitative estimate of drug-likeness (QED) is 0.381. The van der Waals surface area contributed by atoms with Crippen molar-refractivity contribution in [3.05, 3.63) is 66.2 Å². The van der Waals surface area contributed by atoms with Crippen molar-refractivity contribution >= 4 is 17.9 Å². The monoisotopic (exact) mass is 480 g/mol. The zero-order valence-electron chi connectivity index (χ0n) is 21.4. The summed E-state index contributed by atoms with van der Waals surface area (Å²) in [6, 6.07) is 13.7. The molecule has 0 N–H and O–H groups in total. The molecule has 8 nitrogen and oxygen atoms in total. The van der Waals surface area contributed by atoms with E-state index < -0.39 is 6.09 Å². The number of aryl methyl sites for hydroxylation is 1. The first-order chi connectivity index (χ1) is 16.7. The fraction of sp³-hybridized carbons (Fsp3) is 0.407. The molecular weight excluding hydrogens is 444 g/mol. The van der Waals surface area contributed by atoms with Gasteiger partial charge in [-0.15, -0.1) is 6.58 Å². The zero-order valence-corrected chi connectivity index (χ0v) is 21.4. The van der Waals surface area contributed by atoms with E-state index in [-0.39, 0.29) is 12.1 Å². The van der Waals surface area contributed by atoms with Gasteiger partial charge in [-0.05, 0) is 55.2 Å². The van der Waals surface area contributed by atoms with Crippen molar-refractivity contribution in [2.24, 2.45) is 0 Å². The van der Waals surface area contributed by atoms with Crippen LogP contribution >= 0.6 is 0 Å². The summed E-state index contributed by atoms with van der Waals surface area (Å²) in [7, 11) is 7.05. The van der Waals surface area contributed by atoms with Gasteiger partial charge >= 0.3 is 12.2 Å². The Morgan fingerprint density at radius 2 is 1.74 bits per heavy atom. The standard InChI is InChI=1S/C27H36N4O4/c1-7-16-31(19-30(6)21-10-9-11-22(18-21)34-26(32)28(3)4)25-15-12-20-17-23(13-14-24(20)25)35-27(33)29(5)8-2/h7,9-11,13-14,17-18,25H,1,8,12,15-16,19H2,2-6H3/t25-/m1/s1. The van der Waals surface area contributed by atoms with E-state index in [9.17, 15) is 9.59 Å². The smallest absolute Gasteiger partial charge is 0.410 e. The fourth-order valence-electron chi connectivity index (χ4n) is 4.10. The number of anilines is 1. The van der Waals surface area contributed by atoms with Crippen LogP contribution < -0.4 is 14.4 Å². The number of fused-ring (bicyclic) bond motifs is 1. The van der Waals surface area contributed by atoms with Gasteiger partial charge in [0, 0.05) is 59.1 Å². The Bertz CT molecular complexity index is 1060. The average molecular weight is 481 g/mol. The average Bonchev–Trinajstić information content (AvgIpc) is 3.26. The summed E-state index contributed by atoms with van der Waals surface area (Å²) in [4.78, 5) is 31.5. The first-order valence-electron chi connectivity index (χ1n) is 11.8. The molecule has 188 valence electrons. The van der Waals surface area contributed by atoms with E-state index in [0.717, 1.165) is 25.1 Å². The highest BCUT2D eigenvalue weighted by Gasteiger charge is 2.29. The molecule has 0 aromatic heterocycles. The van der Waals surface area contributed by atoms with Gasteiger partial charge in [-0.25, -0.2) is 9.59 Å². The summed E-state index contributed by atoms with van der Waals surface area (Å²) in [6.07, 6.45) is 3.05. The van der Waals surface area contributed by atoms with Crippen molar-refractivity contribution < 1.29 is 19.1 Å². The minimum absolute atomic E-state index is 0.225. The SMILES string of the molecule is C=CCN(CN(C)c1cccc(OC(=O)N(C)C)c1)[C@@H]1CCc2cc(OC(=O)N(C)CC)ccc21. The van der Waals surface area contributed by atoms with Gasteiger partial charge in [0.25, 0.3) is 0 Å². The Hall–Kier alpha value is -3.52. The molecule has 35 heavy (non-hydrogen) atoms. The molecule has 8 heteroatoms. The molecule has 0 radical (unpaired) electrons. The second kappa shape index (κ2) is 11.8. The molecule has 2 aromatic carbocycles. The van der Waals surface area contributed by atoms with Gasteiger partial charge in [0.05, 0.1) is 6.67 Å². The maximum atomic E-state index is 12.1. The van der Waals surface area contributed by atoms with Crippen LogP contribution in [0.2, 0.25) is 0 Å². The van der Waals surface area contributed by atoms with E-state index in [4.69, 9.17) is 9.47 Å². The first-order valence-corrected chi connectivity index (χ1v) is 11.8. The summed E-state index contributed by atoms with van der Waals surface area (Å²) in [5.74, 6) is 1.08. The van der Waals surface area contributed by atoms with Crippen LogP contribution in [0.3, 0.4) is 0 Å². The third-order valence-electron chi connectivity index (χ3n) is 6.18. The Morgan fingerprint density at radius 1 is 1.03 bits per heavy atom. The zero-order chi connectivity index (χ0) is 25.5. The maximum Gasteiger partial charge on any atom is 0.414 e. The lowest BCUT2D eigenvalue weighted by Gasteiger charge is -2.33. The molecule has 0 saturated heterocycles. The maximum absolute atomic E-state index is 12.1. The lowest BCUT2D eigenvalue weighted by atomic mass is 10.1. The molecule has 3 rings (SSSR count). The van der Waals surface area contributed by atoms with Crippen LogP contribution in [0.15, 0.2) is 55.1 Å². The number of benzene rings is 2. The number of carbonyl (C=O) groups excluding carboxylic acids is 2. The molecule has 0 saturated carbocycles. The summed E-state index contributed by atoms with van der Waals surface area (Å²) in [6.45, 7) is 7.85. The van der Waals surface area contributed by atoms with Gasteiger partial charge in [0.1, 0.15) is 11.5 Å². The van der Waals surface area contributed by atoms with E-state index in [1.54, 1.807) is 27.2 Å². The van der Waals surface area contributed by atoms with Crippen molar-refractivity contribution in [1.82, 2.24) is 14.7 Å². The van der Waals surface area contributed by atoms with Crippen LogP contribution in [0, 0.1) is 0 Å². The largest absolute Gasteiger partial charge is 0.414 e. The minimum Gasteiger partial charge on any atom is -0.410 e. The summed E-state index contributed by atoms with van der Waals surface area (Å²) in [5.41, 5.74) is 3.40. The van der Waals surface area contributed by atoms with E-state index in [1.807, 2.05) is 50.4 Å². The number of rotatable bonds is 9. The van der Waals surface area contributed by atoms with E-state index in [2.05, 4.69) is 22.4 Å². The van der Waals surface area contributed by atoms with E-state index in [0.29, 0.717) is 24.7 Å². The van der Waals surface area contributed by atoms with E-state index >= 15 is 0 Å². The Kier molecular flexibility index (Phi) is 8.76. The normalized spacial score (nSPS) is 14.3. The highest BCUT2D eigenvalue weighted by atomic mass is 16.6. The van der Waals surface area contributed by atoms with Crippen LogP contribution in [-0.4, -0.2) is 74.8 Å². The van der Waals surface area contributed by atoms with Gasteiger partial charge < -0.3 is 24.2 Å². The molecule has 0 heterocycles. The molecule has 2 aromatic rings. The van der Waals surface area contributed by atoms with Crippen LogP contribution in [0.4, 0.5) is 15.3 Å². The molecule has 2 amide bonds. The lowest BCUT2D eigenvalue weighted by Crippen LogP contribution is -2.38. The number of hydrogen-bond donors (Lipinski definition) is 0. The minimum atomic E-state index is -0.410. The number of nitrogens with zero attached hydrogens (tertiary/aromatic N) is 4. The Morgan fingerprint density at radius 3 is 2.43 bits per heavy atom. The van der Waals surface area contributed by atoms with Gasteiger partial charge in [0.15, 0.2) is 0 Å². The lowest BCUT2D eigenvalue weighted by molar-refractivity contribution is 0.165. The fourth-order valence-corrected chi connectivity index (χ4v) is 4.10. The van der Waals surface area contributed by atoms with Gasteiger partial charge in [0.2, 0.25) is 0 Å². The van der Waals surface area contributed by atoms with Gasteiger partial charge in [-0.1, -0.05) is 18.2 Å². The molecule has 0 bridgehead atoms. The van der Waals surface area contributed by atoms with Crippen molar-refractivity contribution in [3.63, 3.8) is 0 Å². The Labute approximate surface area is 208 Å². The van der Waals surface area contributed by atoms with Crippen molar-refractivity contribution in [2.45, 2.75) is 25.8 Å². The summed E-state index contributed by atoms with van der Waals surface area (Å²) < 4.78 is 10.9. The van der Waals surface area contributed by atoms with E-state index in [1.165, 1.54) is 20.9 Å². The number of amides is 2. The molecule has 0 unspecified atom stereocenters. The third-order valence-corrected chi connectivity index (χ3v) is 6.18. The highest BCUT2D eigenvalue weighted by Crippen LogP contribution is 2.38. The van der Waals surface area contributed by atoms with Crippen LogP contribution in [0.1, 0.15) is 30.5 Å². The topological polar surface area (TPSA) is 65.6 Å². The van der Waals surface area contributed by atoms with Gasteiger partial charge in [-0.2, -0.15) is 0 Å². The predicted octanol–water partition coefficient (Wildman–Crippen LogP) is 4.77. The molecular formula is C27H36N4O4. The Balaban J connectivity index is 1.73. The second-order valence-corrected chi connectivity index (χ2v) is 8.96. The van der Waals surface area contributed by atoms with Crippen molar-refractivity contribution in [3.8, 4) is 11.5 Å². The molecule has 1 aliphatic carbocycles. The number of hydrogen-bond acceptors (Lipinski definition) is 6. The van der Waals surface area contributed by atoms with Crippen molar-refractivity contribution in [2.75, 3.05) is 52.8 Å². The molecule has 0 aliphatic heterocycles. The second-order valence-electron chi connectivity index (χ2n) is 8.96. The van der Waals surface area contributed by atoms with Crippen LogP contribution in [-0.2, 0) is 6.42 Å². The summed E-state index contributed by atoms with van der Waals surface area (Å²) >= 11 is 0. The number of carbonyl (C=O) groups is 2. The summed E-state index contributed by atoms with van der Waals surface area (Å²) in [5, 5.41) is 0. The molecule has 0 fully saturated rings. The van der Waals surface area contributed by atoms with Crippen LogP contribution in [0.25, 0.3) is 0 Å². The van der Waals surface area contributed by atoms with Crippen molar-refractivity contribution in [1.29, 1.82) is 0 Å².